The van der Waals surface area contributed by atoms with E-state index in [-0.39, 0.29) is 0 Å². The third kappa shape index (κ3) is 4.54. The van der Waals surface area contributed by atoms with Crippen LogP contribution in [0.4, 0.5) is 0 Å². The Labute approximate surface area is 149 Å². The van der Waals surface area contributed by atoms with Crippen molar-refractivity contribution in [2.45, 2.75) is 64.3 Å². The molecule has 0 bridgehead atoms. The van der Waals surface area contributed by atoms with Gasteiger partial charge in [0, 0.05) is 11.6 Å². The number of methoxy groups -OCH3 is 1. The van der Waals surface area contributed by atoms with E-state index < -0.39 is 0 Å². The Bertz CT molecular complexity index is 635. The van der Waals surface area contributed by atoms with Gasteiger partial charge in [0.25, 0.3) is 0 Å². The SMILES string of the molecule is CCCCC(CC)NSc1cc(-c2c(C)noc2C)ccc1OC. The molecular weight excluding hydrogens is 320 g/mol. The van der Waals surface area contributed by atoms with Crippen LogP contribution >= 0.6 is 11.9 Å². The fraction of sp³-hybridized carbons (Fsp3) is 0.526. The fourth-order valence-corrected chi connectivity index (χ4v) is 3.77. The van der Waals surface area contributed by atoms with Crippen LogP contribution in [0.25, 0.3) is 11.1 Å². The molecule has 0 amide bonds. The van der Waals surface area contributed by atoms with Gasteiger partial charge in [0.05, 0.1) is 17.7 Å². The molecule has 1 atom stereocenters. The molecule has 2 aromatic rings. The highest BCUT2D eigenvalue weighted by Crippen LogP contribution is 2.35. The van der Waals surface area contributed by atoms with Crippen molar-refractivity contribution in [1.29, 1.82) is 0 Å². The zero-order valence-corrected chi connectivity index (χ0v) is 16.1. The number of nitrogens with one attached hydrogen (secondary N) is 1. The molecule has 0 saturated heterocycles. The Morgan fingerprint density at radius 3 is 2.67 bits per heavy atom. The van der Waals surface area contributed by atoms with Crippen LogP contribution in [0.15, 0.2) is 27.6 Å². The molecule has 1 heterocycles. The van der Waals surface area contributed by atoms with Gasteiger partial charge in [0.1, 0.15) is 11.5 Å². The molecule has 4 nitrogen and oxygen atoms in total. The minimum Gasteiger partial charge on any atom is -0.496 e. The number of ether oxygens (including phenoxy) is 1. The first-order chi connectivity index (χ1) is 11.6. The monoisotopic (exact) mass is 348 g/mol. The molecule has 5 heteroatoms. The van der Waals surface area contributed by atoms with Gasteiger partial charge in [0.2, 0.25) is 0 Å². The molecule has 24 heavy (non-hydrogen) atoms. The van der Waals surface area contributed by atoms with Gasteiger partial charge in [-0.1, -0.05) is 37.9 Å². The van der Waals surface area contributed by atoms with Gasteiger partial charge in [-0.05, 0) is 56.3 Å². The molecule has 0 aliphatic carbocycles. The zero-order chi connectivity index (χ0) is 17.5. The molecule has 2 rings (SSSR count). The number of benzene rings is 1. The van der Waals surface area contributed by atoms with Crippen LogP contribution in [-0.2, 0) is 0 Å². The van der Waals surface area contributed by atoms with Crippen LogP contribution in [0.2, 0.25) is 0 Å². The maximum Gasteiger partial charge on any atom is 0.141 e. The summed E-state index contributed by atoms with van der Waals surface area (Å²) < 4.78 is 14.4. The summed E-state index contributed by atoms with van der Waals surface area (Å²) in [6, 6.07) is 6.74. The number of hydrogen-bond acceptors (Lipinski definition) is 5. The largest absolute Gasteiger partial charge is 0.496 e. The summed E-state index contributed by atoms with van der Waals surface area (Å²) in [6.45, 7) is 8.38. The standard InChI is InChI=1S/C19H28N2O2S/c1-6-8-9-16(7-2)21-24-18-12-15(10-11-17(18)22-5)19-13(3)20-23-14(19)4/h10-12,16,21H,6-9H2,1-5H3. The van der Waals surface area contributed by atoms with E-state index in [1.807, 2.05) is 19.9 Å². The maximum atomic E-state index is 5.53. The first-order valence-corrected chi connectivity index (χ1v) is 9.45. The highest BCUT2D eigenvalue weighted by atomic mass is 32.2. The second-order valence-corrected chi connectivity index (χ2v) is 6.91. The Hall–Kier alpha value is -1.46. The van der Waals surface area contributed by atoms with Crippen LogP contribution in [0, 0.1) is 13.8 Å². The van der Waals surface area contributed by atoms with E-state index in [9.17, 15) is 0 Å². The number of rotatable bonds is 9. The van der Waals surface area contributed by atoms with Crippen molar-refractivity contribution < 1.29 is 9.26 Å². The topological polar surface area (TPSA) is 47.3 Å². The summed E-state index contributed by atoms with van der Waals surface area (Å²) in [5.41, 5.74) is 3.09. The second-order valence-electron chi connectivity index (χ2n) is 6.03. The van der Waals surface area contributed by atoms with Crippen molar-refractivity contribution in [2.24, 2.45) is 0 Å². The van der Waals surface area contributed by atoms with Crippen molar-refractivity contribution in [3.05, 3.63) is 29.7 Å². The average Bonchev–Trinajstić information content (AvgIpc) is 2.93. The number of aryl methyl sites for hydroxylation is 2. The molecule has 0 aliphatic rings. The molecule has 0 aliphatic heterocycles. The summed E-state index contributed by atoms with van der Waals surface area (Å²) in [5, 5.41) is 4.06. The summed E-state index contributed by atoms with van der Waals surface area (Å²) in [5.74, 6) is 1.73. The van der Waals surface area contributed by atoms with E-state index in [2.05, 4.69) is 35.9 Å². The predicted octanol–water partition coefficient (Wildman–Crippen LogP) is 5.53. The Morgan fingerprint density at radius 1 is 1.29 bits per heavy atom. The lowest BCUT2D eigenvalue weighted by Gasteiger charge is -2.17. The van der Waals surface area contributed by atoms with Crippen LogP contribution in [0.5, 0.6) is 5.75 Å². The molecule has 1 aromatic heterocycles. The normalized spacial score (nSPS) is 12.4. The van der Waals surface area contributed by atoms with Crippen molar-refractivity contribution in [3.63, 3.8) is 0 Å². The van der Waals surface area contributed by atoms with Crippen LogP contribution in [0.1, 0.15) is 51.0 Å². The van der Waals surface area contributed by atoms with Gasteiger partial charge in [-0.15, -0.1) is 0 Å². The third-order valence-corrected chi connectivity index (χ3v) is 5.21. The van der Waals surface area contributed by atoms with Gasteiger partial charge >= 0.3 is 0 Å². The van der Waals surface area contributed by atoms with E-state index >= 15 is 0 Å². The van der Waals surface area contributed by atoms with E-state index in [4.69, 9.17) is 9.26 Å². The third-order valence-electron chi connectivity index (χ3n) is 4.22. The first kappa shape index (κ1) is 18.9. The predicted molar refractivity (Wildman–Crippen MR) is 101 cm³/mol. The van der Waals surface area contributed by atoms with Gasteiger partial charge < -0.3 is 9.26 Å². The molecule has 0 radical (unpaired) electrons. The number of hydrogen-bond donors (Lipinski definition) is 1. The Morgan fingerprint density at radius 2 is 2.08 bits per heavy atom. The molecule has 1 unspecified atom stereocenters. The quantitative estimate of drug-likeness (QED) is 0.604. The number of aromatic nitrogens is 1. The van der Waals surface area contributed by atoms with Gasteiger partial charge in [-0.3, -0.25) is 4.72 Å². The van der Waals surface area contributed by atoms with Crippen molar-refractivity contribution >= 4 is 11.9 Å². The Kier molecular flexibility index (Phi) is 7.18. The minimum atomic E-state index is 0.516. The summed E-state index contributed by atoms with van der Waals surface area (Å²) >= 11 is 1.65. The lowest BCUT2D eigenvalue weighted by molar-refractivity contribution is 0.393. The zero-order valence-electron chi connectivity index (χ0n) is 15.3. The van der Waals surface area contributed by atoms with Crippen molar-refractivity contribution in [3.8, 4) is 16.9 Å². The molecule has 0 spiro atoms. The molecule has 1 N–H and O–H groups in total. The van der Waals surface area contributed by atoms with Crippen LogP contribution < -0.4 is 9.46 Å². The van der Waals surface area contributed by atoms with Gasteiger partial charge in [0.15, 0.2) is 0 Å². The summed E-state index contributed by atoms with van der Waals surface area (Å²) in [4.78, 5) is 1.09. The second kappa shape index (κ2) is 9.14. The summed E-state index contributed by atoms with van der Waals surface area (Å²) in [6.07, 6.45) is 4.81. The van der Waals surface area contributed by atoms with E-state index in [0.717, 1.165) is 39.6 Å². The van der Waals surface area contributed by atoms with E-state index in [1.54, 1.807) is 19.1 Å². The van der Waals surface area contributed by atoms with Crippen LogP contribution in [-0.4, -0.2) is 18.3 Å². The highest BCUT2D eigenvalue weighted by molar-refractivity contribution is 7.97. The minimum absolute atomic E-state index is 0.516. The first-order valence-electron chi connectivity index (χ1n) is 8.64. The van der Waals surface area contributed by atoms with Crippen molar-refractivity contribution in [1.82, 2.24) is 9.88 Å². The lowest BCUT2D eigenvalue weighted by atomic mass is 10.0. The van der Waals surface area contributed by atoms with Crippen LogP contribution in [0.3, 0.4) is 0 Å². The number of unbranched alkanes of at least 4 members (excludes halogenated alkanes) is 1. The smallest absolute Gasteiger partial charge is 0.141 e. The van der Waals surface area contributed by atoms with Gasteiger partial charge in [-0.25, -0.2) is 0 Å². The molecule has 0 saturated carbocycles. The van der Waals surface area contributed by atoms with Crippen molar-refractivity contribution in [2.75, 3.05) is 7.11 Å². The van der Waals surface area contributed by atoms with Gasteiger partial charge in [-0.2, -0.15) is 0 Å². The highest BCUT2D eigenvalue weighted by Gasteiger charge is 2.15. The lowest BCUT2D eigenvalue weighted by Crippen LogP contribution is -2.21. The number of nitrogens with zero attached hydrogens (tertiary/aromatic N) is 1. The molecule has 1 aromatic carbocycles. The van der Waals surface area contributed by atoms with E-state index in [0.29, 0.717) is 6.04 Å². The summed E-state index contributed by atoms with van der Waals surface area (Å²) in [7, 11) is 1.71. The molecule has 132 valence electrons. The van der Waals surface area contributed by atoms with E-state index in [1.165, 1.54) is 19.3 Å². The Balaban J connectivity index is 2.20. The maximum absolute atomic E-state index is 5.53. The molecular formula is C19H28N2O2S. The fourth-order valence-electron chi connectivity index (χ4n) is 2.75. The molecule has 0 fully saturated rings. The average molecular weight is 349 g/mol.